The average molecular weight is 253 g/mol. The zero-order valence-corrected chi connectivity index (χ0v) is 10.5. The van der Waals surface area contributed by atoms with E-state index in [9.17, 15) is 4.79 Å². The largest absolute Gasteiger partial charge is 0.338 e. The Balaban J connectivity index is 2.06. The van der Waals surface area contributed by atoms with Crippen molar-refractivity contribution in [3.8, 4) is 0 Å². The van der Waals surface area contributed by atoms with Gasteiger partial charge in [0.2, 0.25) is 0 Å². The molecular formula is C13H17ClN2O. The predicted octanol–water partition coefficient (Wildman–Crippen LogP) is 2.15. The first-order valence-corrected chi connectivity index (χ1v) is 6.33. The molecule has 1 fully saturated rings. The summed E-state index contributed by atoms with van der Waals surface area (Å²) in [6.07, 6.45) is 2.17. The van der Waals surface area contributed by atoms with Gasteiger partial charge in [-0.3, -0.25) is 4.79 Å². The molecule has 1 aromatic carbocycles. The number of carbonyl (C=O) groups excluding carboxylic acids is 1. The Kier molecular flexibility index (Phi) is 4.02. The van der Waals surface area contributed by atoms with Crippen molar-refractivity contribution in [3.63, 3.8) is 0 Å². The van der Waals surface area contributed by atoms with Crippen molar-refractivity contribution in [1.29, 1.82) is 0 Å². The molecule has 3 nitrogen and oxygen atoms in total. The zero-order valence-electron chi connectivity index (χ0n) is 9.73. The second-order valence-electron chi connectivity index (χ2n) is 4.50. The fourth-order valence-corrected chi connectivity index (χ4v) is 2.34. The van der Waals surface area contributed by atoms with Crippen molar-refractivity contribution >= 4 is 17.5 Å². The predicted molar refractivity (Wildman–Crippen MR) is 69.1 cm³/mol. The van der Waals surface area contributed by atoms with Gasteiger partial charge in [0, 0.05) is 23.7 Å². The van der Waals surface area contributed by atoms with Crippen molar-refractivity contribution in [2.75, 3.05) is 19.6 Å². The van der Waals surface area contributed by atoms with Gasteiger partial charge in [-0.2, -0.15) is 0 Å². The van der Waals surface area contributed by atoms with Crippen molar-refractivity contribution in [1.82, 2.24) is 4.90 Å². The van der Waals surface area contributed by atoms with E-state index in [4.69, 9.17) is 17.3 Å². The monoisotopic (exact) mass is 252 g/mol. The molecule has 2 rings (SSSR count). The number of piperidine rings is 1. The molecule has 1 aliphatic heterocycles. The fraction of sp³-hybridized carbons (Fsp3) is 0.462. The Morgan fingerprint density at radius 2 is 2.12 bits per heavy atom. The quantitative estimate of drug-likeness (QED) is 0.877. The van der Waals surface area contributed by atoms with E-state index < -0.39 is 0 Å². The maximum absolute atomic E-state index is 12.2. The second kappa shape index (κ2) is 5.52. The lowest BCUT2D eigenvalue weighted by Gasteiger charge is -2.32. The first kappa shape index (κ1) is 12.4. The molecular weight excluding hydrogens is 236 g/mol. The van der Waals surface area contributed by atoms with E-state index in [-0.39, 0.29) is 5.91 Å². The second-order valence-corrected chi connectivity index (χ2v) is 4.94. The van der Waals surface area contributed by atoms with Crippen LogP contribution in [0, 0.1) is 5.92 Å². The Bertz CT molecular complexity index is 391. The molecule has 1 saturated heterocycles. The van der Waals surface area contributed by atoms with Gasteiger partial charge < -0.3 is 10.6 Å². The molecule has 0 spiro atoms. The molecule has 2 N–H and O–H groups in total. The molecule has 1 heterocycles. The number of carbonyl (C=O) groups is 1. The highest BCUT2D eigenvalue weighted by Gasteiger charge is 2.23. The Morgan fingerprint density at radius 1 is 1.41 bits per heavy atom. The third-order valence-corrected chi connectivity index (χ3v) is 3.48. The van der Waals surface area contributed by atoms with E-state index in [1.807, 2.05) is 4.90 Å². The molecule has 0 aromatic heterocycles. The molecule has 1 amide bonds. The zero-order chi connectivity index (χ0) is 12.3. The molecule has 17 heavy (non-hydrogen) atoms. The Labute approximate surface area is 107 Å². The molecule has 1 aromatic rings. The van der Waals surface area contributed by atoms with Crippen LogP contribution < -0.4 is 5.73 Å². The summed E-state index contributed by atoms with van der Waals surface area (Å²) in [5.41, 5.74) is 6.37. The number of amides is 1. The lowest BCUT2D eigenvalue weighted by molar-refractivity contribution is 0.0678. The highest BCUT2D eigenvalue weighted by atomic mass is 35.5. The summed E-state index contributed by atoms with van der Waals surface area (Å²) in [5, 5.41) is 0.653. The van der Waals surface area contributed by atoms with Crippen LogP contribution in [0.5, 0.6) is 0 Å². The summed E-state index contributed by atoms with van der Waals surface area (Å²) in [7, 11) is 0. The minimum absolute atomic E-state index is 0.0832. The van der Waals surface area contributed by atoms with Gasteiger partial charge in [0.05, 0.1) is 0 Å². The number of halogens is 1. The summed E-state index contributed by atoms with van der Waals surface area (Å²) in [4.78, 5) is 14.1. The van der Waals surface area contributed by atoms with Crippen molar-refractivity contribution in [2.45, 2.75) is 12.8 Å². The maximum Gasteiger partial charge on any atom is 0.253 e. The van der Waals surface area contributed by atoms with E-state index in [2.05, 4.69) is 0 Å². The van der Waals surface area contributed by atoms with Crippen LogP contribution >= 0.6 is 11.6 Å². The van der Waals surface area contributed by atoms with Crippen LogP contribution in [0.2, 0.25) is 5.02 Å². The van der Waals surface area contributed by atoms with E-state index >= 15 is 0 Å². The van der Waals surface area contributed by atoms with Gasteiger partial charge in [-0.25, -0.2) is 0 Å². The summed E-state index contributed by atoms with van der Waals surface area (Å²) in [6, 6.07) is 7.05. The molecule has 0 bridgehead atoms. The van der Waals surface area contributed by atoms with Gasteiger partial charge in [0.25, 0.3) is 5.91 Å². The minimum Gasteiger partial charge on any atom is -0.338 e. The number of nitrogens with zero attached hydrogens (tertiary/aromatic N) is 1. The van der Waals surface area contributed by atoms with E-state index in [1.54, 1.807) is 24.3 Å². The number of hydrogen-bond donors (Lipinski definition) is 1. The van der Waals surface area contributed by atoms with Crippen molar-refractivity contribution in [2.24, 2.45) is 11.7 Å². The molecule has 0 unspecified atom stereocenters. The van der Waals surface area contributed by atoms with Crippen molar-refractivity contribution < 1.29 is 4.79 Å². The van der Waals surface area contributed by atoms with E-state index in [0.29, 0.717) is 23.0 Å². The maximum atomic E-state index is 12.2. The van der Waals surface area contributed by atoms with Crippen LogP contribution in [0.1, 0.15) is 23.2 Å². The van der Waals surface area contributed by atoms with E-state index in [0.717, 1.165) is 25.9 Å². The van der Waals surface area contributed by atoms with Crippen molar-refractivity contribution in [3.05, 3.63) is 34.9 Å². The highest BCUT2D eigenvalue weighted by molar-refractivity contribution is 6.30. The minimum atomic E-state index is 0.0832. The van der Waals surface area contributed by atoms with Gasteiger partial charge in [-0.1, -0.05) is 11.6 Å². The van der Waals surface area contributed by atoms with Crippen LogP contribution in [-0.2, 0) is 0 Å². The Morgan fingerprint density at radius 3 is 2.76 bits per heavy atom. The average Bonchev–Trinajstić information content (AvgIpc) is 2.39. The number of likely N-dealkylation sites (tertiary alicyclic amines) is 1. The normalized spacial score (nSPS) is 20.4. The summed E-state index contributed by atoms with van der Waals surface area (Å²) < 4.78 is 0. The van der Waals surface area contributed by atoms with Gasteiger partial charge in [-0.05, 0) is 49.6 Å². The fourth-order valence-electron chi connectivity index (χ4n) is 2.22. The first-order valence-electron chi connectivity index (χ1n) is 5.95. The Hall–Kier alpha value is -1.06. The molecule has 92 valence electrons. The molecule has 1 atom stereocenters. The number of benzene rings is 1. The third-order valence-electron chi connectivity index (χ3n) is 3.23. The third kappa shape index (κ3) is 2.99. The molecule has 1 aliphatic rings. The van der Waals surface area contributed by atoms with Gasteiger partial charge >= 0.3 is 0 Å². The van der Waals surface area contributed by atoms with Crippen LogP contribution in [0.3, 0.4) is 0 Å². The van der Waals surface area contributed by atoms with E-state index in [1.165, 1.54) is 0 Å². The molecule has 0 aliphatic carbocycles. The molecule has 0 radical (unpaired) electrons. The summed E-state index contributed by atoms with van der Waals surface area (Å²) in [6.45, 7) is 2.26. The number of rotatable bonds is 2. The molecule has 4 heteroatoms. The van der Waals surface area contributed by atoms with Gasteiger partial charge in [0.15, 0.2) is 0 Å². The summed E-state index contributed by atoms with van der Waals surface area (Å²) in [5.74, 6) is 0.528. The molecule has 0 saturated carbocycles. The smallest absolute Gasteiger partial charge is 0.253 e. The van der Waals surface area contributed by atoms with Crippen LogP contribution in [0.15, 0.2) is 24.3 Å². The van der Waals surface area contributed by atoms with Crippen LogP contribution in [0.25, 0.3) is 0 Å². The first-order chi connectivity index (χ1) is 8.20. The topological polar surface area (TPSA) is 46.3 Å². The lowest BCUT2D eigenvalue weighted by atomic mass is 9.97. The SMILES string of the molecule is NC[C@H]1CCCN(C(=O)c2ccc(Cl)cc2)C1. The van der Waals surface area contributed by atoms with Crippen LogP contribution in [0.4, 0.5) is 0 Å². The number of nitrogens with two attached hydrogens (primary N) is 1. The summed E-state index contributed by atoms with van der Waals surface area (Å²) >= 11 is 5.81. The van der Waals surface area contributed by atoms with Crippen LogP contribution in [-0.4, -0.2) is 30.4 Å². The van der Waals surface area contributed by atoms with Gasteiger partial charge in [-0.15, -0.1) is 0 Å². The standard InChI is InChI=1S/C13H17ClN2O/c14-12-5-3-11(4-6-12)13(17)16-7-1-2-10(8-15)9-16/h3-6,10H,1-2,7-9,15H2/t10-/m1/s1. The highest BCUT2D eigenvalue weighted by Crippen LogP contribution is 2.18. The lowest BCUT2D eigenvalue weighted by Crippen LogP contribution is -2.42. The van der Waals surface area contributed by atoms with Gasteiger partial charge in [0.1, 0.15) is 0 Å². The number of hydrogen-bond acceptors (Lipinski definition) is 2.